The first-order valence-electron chi connectivity index (χ1n) is 10.2. The SMILES string of the molecule is OC(CCN1CCNCC1c1ccc2ncccc2c1)c1csc2ccccc12. The lowest BCUT2D eigenvalue weighted by molar-refractivity contribution is 0.110. The zero-order valence-corrected chi connectivity index (χ0v) is 17.1. The van der Waals surface area contributed by atoms with Crippen LogP contribution in [0.15, 0.2) is 66.2 Å². The van der Waals surface area contributed by atoms with Gasteiger partial charge in [-0.3, -0.25) is 9.88 Å². The summed E-state index contributed by atoms with van der Waals surface area (Å²) in [6.07, 6.45) is 2.15. The van der Waals surface area contributed by atoms with Crippen LogP contribution in [0, 0.1) is 0 Å². The molecule has 0 radical (unpaired) electrons. The number of aliphatic hydroxyl groups excluding tert-OH is 1. The summed E-state index contributed by atoms with van der Waals surface area (Å²) in [6, 6.07) is 19.3. The van der Waals surface area contributed by atoms with Gasteiger partial charge < -0.3 is 10.4 Å². The van der Waals surface area contributed by atoms with Crippen LogP contribution in [0.1, 0.15) is 29.7 Å². The first-order valence-corrected chi connectivity index (χ1v) is 11.1. The van der Waals surface area contributed by atoms with Gasteiger partial charge in [0.1, 0.15) is 0 Å². The number of aliphatic hydroxyl groups is 1. The second-order valence-electron chi connectivity index (χ2n) is 7.70. The highest BCUT2D eigenvalue weighted by molar-refractivity contribution is 7.17. The number of hydrogen-bond acceptors (Lipinski definition) is 5. The van der Waals surface area contributed by atoms with E-state index in [2.05, 4.69) is 63.0 Å². The molecule has 2 atom stereocenters. The largest absolute Gasteiger partial charge is 0.388 e. The molecule has 4 nitrogen and oxygen atoms in total. The van der Waals surface area contributed by atoms with Crippen LogP contribution in [0.25, 0.3) is 21.0 Å². The number of thiophene rings is 1. The first kappa shape index (κ1) is 18.7. The molecule has 29 heavy (non-hydrogen) atoms. The second kappa shape index (κ2) is 8.20. The third-order valence-corrected chi connectivity index (χ3v) is 6.91. The molecule has 0 spiro atoms. The van der Waals surface area contributed by atoms with Crippen LogP contribution in [0.3, 0.4) is 0 Å². The molecule has 5 rings (SSSR count). The number of rotatable bonds is 5. The lowest BCUT2D eigenvalue weighted by atomic mass is 9.99. The van der Waals surface area contributed by atoms with Gasteiger partial charge in [0.25, 0.3) is 0 Å². The van der Waals surface area contributed by atoms with Crippen molar-refractivity contribution in [2.45, 2.75) is 18.6 Å². The molecule has 0 amide bonds. The van der Waals surface area contributed by atoms with E-state index < -0.39 is 6.10 Å². The molecular weight excluding hydrogens is 378 g/mol. The minimum Gasteiger partial charge on any atom is -0.388 e. The van der Waals surface area contributed by atoms with Crippen molar-refractivity contribution < 1.29 is 5.11 Å². The summed E-state index contributed by atoms with van der Waals surface area (Å²) < 4.78 is 1.24. The fourth-order valence-corrected chi connectivity index (χ4v) is 5.35. The Hall–Kier alpha value is -2.31. The summed E-state index contributed by atoms with van der Waals surface area (Å²) in [5.41, 5.74) is 3.41. The highest BCUT2D eigenvalue weighted by Crippen LogP contribution is 2.32. The fourth-order valence-electron chi connectivity index (χ4n) is 4.34. The summed E-state index contributed by atoms with van der Waals surface area (Å²) in [7, 11) is 0. The minimum atomic E-state index is -0.428. The van der Waals surface area contributed by atoms with E-state index in [0.29, 0.717) is 6.04 Å². The number of pyridine rings is 1. The molecule has 0 bridgehead atoms. The molecule has 4 aromatic rings. The molecule has 2 aromatic heterocycles. The lowest BCUT2D eigenvalue weighted by Crippen LogP contribution is -2.46. The van der Waals surface area contributed by atoms with Crippen LogP contribution in [-0.4, -0.2) is 41.2 Å². The third-order valence-electron chi connectivity index (χ3n) is 5.93. The molecule has 2 N–H and O–H groups in total. The number of nitrogens with one attached hydrogen (secondary N) is 1. The molecule has 1 aliphatic heterocycles. The van der Waals surface area contributed by atoms with Gasteiger partial charge in [-0.1, -0.05) is 30.3 Å². The molecule has 1 aliphatic rings. The quantitative estimate of drug-likeness (QED) is 0.514. The molecule has 2 aromatic carbocycles. The van der Waals surface area contributed by atoms with Gasteiger partial charge in [0.15, 0.2) is 0 Å². The van der Waals surface area contributed by atoms with Crippen molar-refractivity contribution in [2.75, 3.05) is 26.2 Å². The Morgan fingerprint density at radius 1 is 1.17 bits per heavy atom. The summed E-state index contributed by atoms with van der Waals surface area (Å²) in [4.78, 5) is 6.94. The number of piperazine rings is 1. The molecule has 0 aliphatic carbocycles. The highest BCUT2D eigenvalue weighted by atomic mass is 32.1. The van der Waals surface area contributed by atoms with E-state index in [1.807, 2.05) is 18.3 Å². The zero-order valence-electron chi connectivity index (χ0n) is 16.3. The number of benzene rings is 2. The van der Waals surface area contributed by atoms with Crippen molar-refractivity contribution in [1.82, 2.24) is 15.2 Å². The third kappa shape index (κ3) is 3.79. The smallest absolute Gasteiger partial charge is 0.0816 e. The molecule has 1 fully saturated rings. The molecule has 5 heteroatoms. The van der Waals surface area contributed by atoms with Gasteiger partial charge >= 0.3 is 0 Å². The molecule has 1 saturated heterocycles. The van der Waals surface area contributed by atoms with Crippen LogP contribution in [0.4, 0.5) is 0 Å². The van der Waals surface area contributed by atoms with E-state index in [1.54, 1.807) is 11.3 Å². The van der Waals surface area contributed by atoms with Crippen molar-refractivity contribution in [2.24, 2.45) is 0 Å². The molecule has 0 saturated carbocycles. The van der Waals surface area contributed by atoms with Crippen LogP contribution >= 0.6 is 11.3 Å². The van der Waals surface area contributed by atoms with Crippen LogP contribution in [-0.2, 0) is 0 Å². The molecule has 2 unspecified atom stereocenters. The number of nitrogens with zero attached hydrogens (tertiary/aromatic N) is 2. The Labute approximate surface area is 174 Å². The maximum atomic E-state index is 10.9. The maximum Gasteiger partial charge on any atom is 0.0816 e. The zero-order chi connectivity index (χ0) is 19.6. The number of hydrogen-bond donors (Lipinski definition) is 2. The van der Waals surface area contributed by atoms with Gasteiger partial charge in [-0.15, -0.1) is 11.3 Å². The van der Waals surface area contributed by atoms with Crippen molar-refractivity contribution in [3.8, 4) is 0 Å². The second-order valence-corrected chi connectivity index (χ2v) is 8.61. The standard InChI is InChI=1S/C24H25N3OS/c28-23(20-16-29-24-6-2-1-5-19(20)24)9-12-27-13-11-25-15-22(27)18-7-8-21-17(14-18)4-3-10-26-21/h1-8,10,14,16,22-23,25,28H,9,11-13,15H2. The normalized spacial score (nSPS) is 19.0. The fraction of sp³-hybridized carbons (Fsp3) is 0.292. The summed E-state index contributed by atoms with van der Waals surface area (Å²) in [5.74, 6) is 0. The van der Waals surface area contributed by atoms with Crippen LogP contribution in [0.2, 0.25) is 0 Å². The van der Waals surface area contributed by atoms with Crippen molar-refractivity contribution >= 4 is 32.3 Å². The summed E-state index contributed by atoms with van der Waals surface area (Å²) in [5, 5.41) is 18.9. The van der Waals surface area contributed by atoms with Crippen LogP contribution < -0.4 is 5.32 Å². The highest BCUT2D eigenvalue weighted by Gasteiger charge is 2.25. The Bertz CT molecular complexity index is 1130. The topological polar surface area (TPSA) is 48.4 Å². The van der Waals surface area contributed by atoms with Crippen molar-refractivity contribution in [1.29, 1.82) is 0 Å². The lowest BCUT2D eigenvalue weighted by Gasteiger charge is -2.37. The Morgan fingerprint density at radius 3 is 3.07 bits per heavy atom. The summed E-state index contributed by atoms with van der Waals surface area (Å²) >= 11 is 1.71. The van der Waals surface area contributed by atoms with Gasteiger partial charge in [0.2, 0.25) is 0 Å². The van der Waals surface area contributed by atoms with Crippen molar-refractivity contribution in [3.05, 3.63) is 77.3 Å². The van der Waals surface area contributed by atoms with Gasteiger partial charge in [0.05, 0.1) is 11.6 Å². The van der Waals surface area contributed by atoms with E-state index in [4.69, 9.17) is 0 Å². The summed E-state index contributed by atoms with van der Waals surface area (Å²) in [6.45, 7) is 3.79. The van der Waals surface area contributed by atoms with E-state index >= 15 is 0 Å². The first-order chi connectivity index (χ1) is 14.3. The van der Waals surface area contributed by atoms with E-state index in [1.165, 1.54) is 21.0 Å². The number of aromatic nitrogens is 1. The van der Waals surface area contributed by atoms with Gasteiger partial charge in [-0.05, 0) is 52.6 Å². The van der Waals surface area contributed by atoms with Gasteiger partial charge in [-0.25, -0.2) is 0 Å². The number of fused-ring (bicyclic) bond motifs is 2. The Kier molecular flexibility index (Phi) is 5.29. The van der Waals surface area contributed by atoms with Crippen LogP contribution in [0.5, 0.6) is 0 Å². The Morgan fingerprint density at radius 2 is 2.10 bits per heavy atom. The monoisotopic (exact) mass is 403 g/mol. The van der Waals surface area contributed by atoms with E-state index in [0.717, 1.165) is 43.7 Å². The minimum absolute atomic E-state index is 0.319. The maximum absolute atomic E-state index is 10.9. The van der Waals surface area contributed by atoms with Crippen molar-refractivity contribution in [3.63, 3.8) is 0 Å². The van der Waals surface area contributed by atoms with E-state index in [9.17, 15) is 5.11 Å². The Balaban J connectivity index is 1.33. The van der Waals surface area contributed by atoms with Gasteiger partial charge in [-0.2, -0.15) is 0 Å². The molecule has 148 valence electrons. The average molecular weight is 404 g/mol. The average Bonchev–Trinajstić information content (AvgIpc) is 3.22. The van der Waals surface area contributed by atoms with Gasteiger partial charge in [0, 0.05) is 48.5 Å². The van der Waals surface area contributed by atoms with E-state index in [-0.39, 0.29) is 0 Å². The molecular formula is C24H25N3OS. The predicted molar refractivity (Wildman–Crippen MR) is 120 cm³/mol. The predicted octanol–water partition coefficient (Wildman–Crippen LogP) is 4.52. The molecule has 3 heterocycles.